The third-order valence-corrected chi connectivity index (χ3v) is 6.14. The summed E-state index contributed by atoms with van der Waals surface area (Å²) in [6, 6.07) is 3.08. The molecule has 0 saturated carbocycles. The lowest BCUT2D eigenvalue weighted by molar-refractivity contribution is 0.381. The lowest BCUT2D eigenvalue weighted by Crippen LogP contribution is -2.30. The van der Waals surface area contributed by atoms with Gasteiger partial charge in [0.15, 0.2) is 0 Å². The van der Waals surface area contributed by atoms with Gasteiger partial charge in [-0.2, -0.15) is 4.31 Å². The van der Waals surface area contributed by atoms with E-state index in [-0.39, 0.29) is 29.0 Å². The van der Waals surface area contributed by atoms with E-state index in [1.54, 1.807) is 6.07 Å². The summed E-state index contributed by atoms with van der Waals surface area (Å²) in [6.45, 7) is 1.43. The molecule has 0 bridgehead atoms. The summed E-state index contributed by atoms with van der Waals surface area (Å²) >= 11 is 3.31. The van der Waals surface area contributed by atoms with E-state index in [9.17, 15) is 8.42 Å². The maximum absolute atomic E-state index is 12.8. The molecule has 1 atom stereocenters. The largest absolute Gasteiger partial charge is 0.495 e. The van der Waals surface area contributed by atoms with Crippen LogP contribution in [0.4, 0.5) is 0 Å². The predicted octanol–water partition coefficient (Wildman–Crippen LogP) is 1.86. The van der Waals surface area contributed by atoms with E-state index < -0.39 is 10.0 Å². The minimum Gasteiger partial charge on any atom is -0.495 e. The Morgan fingerprint density at radius 1 is 1.32 bits per heavy atom. The van der Waals surface area contributed by atoms with Crippen molar-refractivity contribution in [3.05, 3.63) is 16.6 Å². The fourth-order valence-electron chi connectivity index (χ4n) is 2.38. The van der Waals surface area contributed by atoms with E-state index in [0.29, 0.717) is 29.9 Å². The average Bonchev–Trinajstić information content (AvgIpc) is 2.96. The van der Waals surface area contributed by atoms with Gasteiger partial charge in [-0.05, 0) is 40.9 Å². The van der Waals surface area contributed by atoms with E-state index in [4.69, 9.17) is 15.2 Å². The number of sulfonamides is 1. The Morgan fingerprint density at radius 3 is 2.45 bits per heavy atom. The van der Waals surface area contributed by atoms with Gasteiger partial charge in [0.25, 0.3) is 0 Å². The minimum atomic E-state index is -3.60. The molecule has 2 rings (SSSR count). The maximum Gasteiger partial charge on any atom is 0.246 e. The Balaban J connectivity index is 0.00000242. The molecule has 0 aliphatic carbocycles. The topological polar surface area (TPSA) is 81.9 Å². The number of hydrogen-bond acceptors (Lipinski definition) is 5. The summed E-state index contributed by atoms with van der Waals surface area (Å²) < 4.78 is 37.9. The number of nitrogens with zero attached hydrogens (tertiary/aromatic N) is 1. The molecule has 1 aromatic carbocycles. The fourth-order valence-corrected chi connectivity index (χ4v) is 4.73. The van der Waals surface area contributed by atoms with Gasteiger partial charge in [-0.25, -0.2) is 8.42 Å². The highest BCUT2D eigenvalue weighted by atomic mass is 79.9. The van der Waals surface area contributed by atoms with Gasteiger partial charge in [0.1, 0.15) is 16.4 Å². The Morgan fingerprint density at radius 2 is 1.95 bits per heavy atom. The molecule has 1 heterocycles. The van der Waals surface area contributed by atoms with Crippen LogP contribution >= 0.6 is 28.3 Å². The van der Waals surface area contributed by atoms with Crippen molar-refractivity contribution in [1.82, 2.24) is 4.31 Å². The van der Waals surface area contributed by atoms with Gasteiger partial charge in [0, 0.05) is 19.2 Å². The smallest absolute Gasteiger partial charge is 0.246 e. The highest BCUT2D eigenvalue weighted by Gasteiger charge is 2.34. The van der Waals surface area contributed by atoms with Gasteiger partial charge >= 0.3 is 0 Å². The number of methoxy groups -OCH3 is 2. The van der Waals surface area contributed by atoms with Crippen LogP contribution in [0.5, 0.6) is 11.5 Å². The van der Waals surface area contributed by atoms with Gasteiger partial charge in [-0.1, -0.05) is 0 Å². The van der Waals surface area contributed by atoms with Gasteiger partial charge in [0.2, 0.25) is 10.0 Å². The first-order valence-corrected chi connectivity index (χ1v) is 8.79. The Bertz CT molecular complexity index is 627. The highest BCUT2D eigenvalue weighted by molar-refractivity contribution is 9.10. The van der Waals surface area contributed by atoms with Gasteiger partial charge in [0.05, 0.1) is 18.7 Å². The molecule has 1 aliphatic rings. The number of nitrogens with two attached hydrogens (primary N) is 1. The van der Waals surface area contributed by atoms with Crippen LogP contribution in [0, 0.1) is 5.92 Å². The molecule has 126 valence electrons. The van der Waals surface area contributed by atoms with Crippen LogP contribution in [0.1, 0.15) is 6.42 Å². The fraction of sp³-hybridized carbons (Fsp3) is 0.538. The lowest BCUT2D eigenvalue weighted by atomic mass is 10.1. The molecule has 1 aliphatic heterocycles. The van der Waals surface area contributed by atoms with Crippen molar-refractivity contribution in [3.8, 4) is 11.5 Å². The molecule has 1 saturated heterocycles. The zero-order valence-electron chi connectivity index (χ0n) is 12.4. The first kappa shape index (κ1) is 19.5. The molecule has 1 unspecified atom stereocenters. The van der Waals surface area contributed by atoms with Crippen molar-refractivity contribution >= 4 is 38.4 Å². The normalized spacial score (nSPS) is 18.8. The van der Waals surface area contributed by atoms with E-state index in [0.717, 1.165) is 6.42 Å². The molecule has 22 heavy (non-hydrogen) atoms. The molecule has 9 heteroatoms. The second-order valence-corrected chi connectivity index (χ2v) is 7.65. The summed E-state index contributed by atoms with van der Waals surface area (Å²) in [4.78, 5) is 0.135. The summed E-state index contributed by atoms with van der Waals surface area (Å²) in [5, 5.41) is 0. The molecule has 6 nitrogen and oxygen atoms in total. The SMILES string of the molecule is COc1cc(OC)c(S(=O)(=O)N2CCC(CN)C2)cc1Br.Cl. The zero-order chi connectivity index (χ0) is 15.6. The second-order valence-electron chi connectivity index (χ2n) is 4.89. The summed E-state index contributed by atoms with van der Waals surface area (Å²) in [7, 11) is -0.652. The number of hydrogen-bond donors (Lipinski definition) is 1. The molecular formula is C13H20BrClN2O4S. The first-order chi connectivity index (χ1) is 9.93. The van der Waals surface area contributed by atoms with Crippen LogP contribution in [0.3, 0.4) is 0 Å². The zero-order valence-corrected chi connectivity index (χ0v) is 15.6. The van der Waals surface area contributed by atoms with E-state index in [1.165, 1.54) is 24.6 Å². The van der Waals surface area contributed by atoms with E-state index in [1.807, 2.05) is 0 Å². The van der Waals surface area contributed by atoms with Gasteiger partial charge < -0.3 is 15.2 Å². The Labute approximate surface area is 145 Å². The molecule has 1 fully saturated rings. The summed E-state index contributed by atoms with van der Waals surface area (Å²) in [6.07, 6.45) is 0.787. The third kappa shape index (κ3) is 3.68. The molecule has 0 radical (unpaired) electrons. The molecule has 1 aromatic rings. The molecule has 0 aromatic heterocycles. The molecule has 2 N–H and O–H groups in total. The van der Waals surface area contributed by atoms with Crippen molar-refractivity contribution in [3.63, 3.8) is 0 Å². The molecular weight excluding hydrogens is 396 g/mol. The minimum absolute atomic E-state index is 0. The predicted molar refractivity (Wildman–Crippen MR) is 90.4 cm³/mol. The van der Waals surface area contributed by atoms with Crippen LogP contribution < -0.4 is 15.2 Å². The third-order valence-electron chi connectivity index (χ3n) is 3.64. The monoisotopic (exact) mass is 414 g/mol. The van der Waals surface area contributed by atoms with Crippen LogP contribution in [-0.4, -0.2) is 46.6 Å². The van der Waals surface area contributed by atoms with Crippen molar-refractivity contribution in [2.75, 3.05) is 33.9 Å². The van der Waals surface area contributed by atoms with Crippen LogP contribution in [0.25, 0.3) is 0 Å². The quantitative estimate of drug-likeness (QED) is 0.794. The lowest BCUT2D eigenvalue weighted by Gasteiger charge is -2.19. The van der Waals surface area contributed by atoms with Crippen LogP contribution in [0.15, 0.2) is 21.5 Å². The first-order valence-electron chi connectivity index (χ1n) is 6.55. The molecule has 0 amide bonds. The number of benzene rings is 1. The molecule has 0 spiro atoms. The summed E-state index contributed by atoms with van der Waals surface area (Å²) in [5.74, 6) is 1.01. The second kappa shape index (κ2) is 7.83. The Kier molecular flexibility index (Phi) is 6.94. The highest BCUT2D eigenvalue weighted by Crippen LogP contribution is 2.37. The van der Waals surface area contributed by atoms with Crippen LogP contribution in [0.2, 0.25) is 0 Å². The average molecular weight is 416 g/mol. The van der Waals surface area contributed by atoms with Crippen LogP contribution in [-0.2, 0) is 10.0 Å². The number of halogens is 2. The standard InChI is InChI=1S/C13H19BrN2O4S.ClH/c1-19-11-6-12(20-2)13(5-10(11)14)21(17,18)16-4-3-9(7-15)8-16;/h5-6,9H,3-4,7-8,15H2,1-2H3;1H. The van der Waals surface area contributed by atoms with Crippen molar-refractivity contribution in [2.45, 2.75) is 11.3 Å². The van der Waals surface area contributed by atoms with Gasteiger partial charge in [-0.3, -0.25) is 0 Å². The number of rotatable bonds is 5. The van der Waals surface area contributed by atoms with Crippen molar-refractivity contribution in [2.24, 2.45) is 11.7 Å². The van der Waals surface area contributed by atoms with Gasteiger partial charge in [-0.15, -0.1) is 12.4 Å². The van der Waals surface area contributed by atoms with E-state index >= 15 is 0 Å². The number of ether oxygens (including phenoxy) is 2. The van der Waals surface area contributed by atoms with Crippen molar-refractivity contribution in [1.29, 1.82) is 0 Å². The van der Waals surface area contributed by atoms with Crippen molar-refractivity contribution < 1.29 is 17.9 Å². The summed E-state index contributed by atoms with van der Waals surface area (Å²) in [5.41, 5.74) is 5.63. The van der Waals surface area contributed by atoms with E-state index in [2.05, 4.69) is 15.9 Å². The Hall–Kier alpha value is -0.540. The maximum atomic E-state index is 12.8.